The second-order valence-electron chi connectivity index (χ2n) is 4.22. The molecule has 1 atom stereocenters. The van der Waals surface area contributed by atoms with Gasteiger partial charge in [-0.15, -0.1) is 23.2 Å². The molecular weight excluding hydrogens is 253 g/mol. The molecule has 0 saturated heterocycles. The average Bonchev–Trinajstić information content (AvgIpc) is 2.57. The van der Waals surface area contributed by atoms with Gasteiger partial charge < -0.3 is 9.26 Å². The van der Waals surface area contributed by atoms with Crippen molar-refractivity contribution < 1.29 is 14.1 Å². The van der Waals surface area contributed by atoms with E-state index >= 15 is 0 Å². The molecule has 16 heavy (non-hydrogen) atoms. The number of aromatic nitrogens is 1. The van der Waals surface area contributed by atoms with Crippen molar-refractivity contribution in [3.05, 3.63) is 17.5 Å². The van der Waals surface area contributed by atoms with E-state index in [-0.39, 0.29) is 6.61 Å². The van der Waals surface area contributed by atoms with Crippen LogP contribution in [0.1, 0.15) is 24.8 Å². The van der Waals surface area contributed by atoms with Gasteiger partial charge in [0.15, 0.2) is 0 Å². The molecule has 1 heterocycles. The number of nitrogens with zero attached hydrogens (tertiary/aromatic N) is 1. The predicted octanol–water partition coefficient (Wildman–Crippen LogP) is 2.61. The Balaban J connectivity index is 1.90. The molecule has 0 bridgehead atoms. The molecule has 1 unspecified atom stereocenters. The summed E-state index contributed by atoms with van der Waals surface area (Å²) in [6, 6.07) is 1.71. The number of carbonyl (C=O) groups is 1. The largest absolute Gasteiger partial charge is 0.459 e. The fraction of sp³-hybridized carbons (Fsp3) is 0.600. The van der Waals surface area contributed by atoms with Gasteiger partial charge in [0.1, 0.15) is 27.8 Å². The lowest BCUT2D eigenvalue weighted by Gasteiger charge is -2.10. The number of esters is 1. The van der Waals surface area contributed by atoms with Gasteiger partial charge in [-0.1, -0.05) is 5.16 Å². The zero-order chi connectivity index (χ0) is 12.0. The van der Waals surface area contributed by atoms with Gasteiger partial charge in [-0.05, 0) is 13.8 Å². The summed E-state index contributed by atoms with van der Waals surface area (Å²) in [5, 5.41) is 3.71. The first-order chi connectivity index (χ1) is 7.35. The van der Waals surface area contributed by atoms with Gasteiger partial charge in [-0.2, -0.15) is 0 Å². The van der Waals surface area contributed by atoms with E-state index < -0.39 is 15.7 Å². The first kappa shape index (κ1) is 11.7. The first-order valence-electron chi connectivity index (χ1n) is 4.82. The van der Waals surface area contributed by atoms with E-state index in [1.54, 1.807) is 19.9 Å². The van der Waals surface area contributed by atoms with Gasteiger partial charge in [-0.3, -0.25) is 4.79 Å². The lowest BCUT2D eigenvalue weighted by atomic mass is 10.1. The number of alkyl halides is 2. The molecular formula is C10H11Cl2NO3. The average molecular weight is 264 g/mol. The first-order valence-corrected chi connectivity index (χ1v) is 5.58. The maximum absolute atomic E-state index is 11.7. The molecule has 1 saturated carbocycles. The number of aryl methyl sites for hydroxylation is 1. The number of rotatable bonds is 3. The summed E-state index contributed by atoms with van der Waals surface area (Å²) in [4.78, 5) is 11.7. The highest BCUT2D eigenvalue weighted by Crippen LogP contribution is 2.64. The minimum atomic E-state index is -0.996. The summed E-state index contributed by atoms with van der Waals surface area (Å²) in [6.45, 7) is 3.53. The Hall–Kier alpha value is -0.740. The maximum Gasteiger partial charge on any atom is 0.315 e. The van der Waals surface area contributed by atoms with E-state index in [1.165, 1.54) is 0 Å². The summed E-state index contributed by atoms with van der Waals surface area (Å²) in [5.41, 5.74) is -0.223. The molecule has 6 heteroatoms. The van der Waals surface area contributed by atoms with Crippen LogP contribution in [0.25, 0.3) is 0 Å². The van der Waals surface area contributed by atoms with Crippen molar-refractivity contribution in [2.75, 3.05) is 0 Å². The molecule has 1 aromatic rings. The van der Waals surface area contributed by atoms with Crippen LogP contribution in [0.5, 0.6) is 0 Å². The Morgan fingerprint density at radius 3 is 2.75 bits per heavy atom. The number of halogens is 2. The molecule has 1 aliphatic rings. The van der Waals surface area contributed by atoms with Gasteiger partial charge in [-0.25, -0.2) is 0 Å². The van der Waals surface area contributed by atoms with Crippen LogP contribution in [0.15, 0.2) is 10.6 Å². The van der Waals surface area contributed by atoms with Crippen LogP contribution in [0, 0.1) is 12.3 Å². The van der Waals surface area contributed by atoms with Crippen LogP contribution in [-0.4, -0.2) is 15.5 Å². The van der Waals surface area contributed by atoms with Crippen LogP contribution in [0.2, 0.25) is 0 Å². The number of hydrogen-bond donors (Lipinski definition) is 0. The lowest BCUT2D eigenvalue weighted by molar-refractivity contribution is -0.151. The van der Waals surface area contributed by atoms with Gasteiger partial charge in [0.05, 0.1) is 0 Å². The van der Waals surface area contributed by atoms with Gasteiger partial charge >= 0.3 is 5.97 Å². The van der Waals surface area contributed by atoms with E-state index in [2.05, 4.69) is 5.16 Å². The fourth-order valence-electron chi connectivity index (χ4n) is 1.41. The summed E-state index contributed by atoms with van der Waals surface area (Å²) >= 11 is 11.7. The predicted molar refractivity (Wildman–Crippen MR) is 58.2 cm³/mol. The smallest absolute Gasteiger partial charge is 0.315 e. The normalized spacial score (nSPS) is 26.5. The minimum Gasteiger partial charge on any atom is -0.459 e. The number of ether oxygens (including phenoxy) is 1. The zero-order valence-corrected chi connectivity index (χ0v) is 10.4. The molecule has 88 valence electrons. The highest BCUT2D eigenvalue weighted by Gasteiger charge is 2.69. The summed E-state index contributed by atoms with van der Waals surface area (Å²) < 4.78 is 8.92. The quantitative estimate of drug-likeness (QED) is 0.622. The molecule has 0 aliphatic heterocycles. The van der Waals surface area contributed by atoms with Gasteiger partial charge in [0.25, 0.3) is 0 Å². The topological polar surface area (TPSA) is 52.3 Å². The molecule has 2 rings (SSSR count). The third-order valence-electron chi connectivity index (χ3n) is 2.74. The summed E-state index contributed by atoms with van der Waals surface area (Å²) in [6.07, 6.45) is 0.416. The standard InChI is InChI=1S/C10H11Cl2NO3/c1-6-3-7(13-16-6)4-15-8(14)9(2)5-10(9,11)12/h3H,4-5H2,1-2H3. The van der Waals surface area contributed by atoms with Crippen LogP contribution >= 0.6 is 23.2 Å². The molecule has 1 fully saturated rings. The molecule has 1 aliphatic carbocycles. The van der Waals surface area contributed by atoms with Crippen molar-refractivity contribution in [1.82, 2.24) is 5.16 Å². The molecule has 0 N–H and O–H groups in total. The number of carbonyl (C=O) groups excluding carboxylic acids is 1. The van der Waals surface area contributed by atoms with E-state index in [1.807, 2.05) is 0 Å². The van der Waals surface area contributed by atoms with Crippen LogP contribution < -0.4 is 0 Å². The second kappa shape index (κ2) is 3.64. The molecule has 0 amide bonds. The third-order valence-corrected chi connectivity index (χ3v) is 3.84. The van der Waals surface area contributed by atoms with Crippen molar-refractivity contribution in [2.45, 2.75) is 31.2 Å². The molecule has 0 spiro atoms. The van der Waals surface area contributed by atoms with Crippen molar-refractivity contribution in [3.8, 4) is 0 Å². The van der Waals surface area contributed by atoms with E-state index in [9.17, 15) is 4.79 Å². The summed E-state index contributed by atoms with van der Waals surface area (Å²) in [7, 11) is 0. The van der Waals surface area contributed by atoms with Gasteiger partial charge in [0.2, 0.25) is 0 Å². The highest BCUT2D eigenvalue weighted by atomic mass is 35.5. The Bertz CT molecular complexity index is 429. The lowest BCUT2D eigenvalue weighted by Crippen LogP contribution is -2.21. The fourth-order valence-corrected chi connectivity index (χ4v) is 2.09. The van der Waals surface area contributed by atoms with E-state index in [0.29, 0.717) is 17.9 Å². The second-order valence-corrected chi connectivity index (χ2v) is 5.70. The van der Waals surface area contributed by atoms with Crippen LogP contribution in [-0.2, 0) is 16.1 Å². The van der Waals surface area contributed by atoms with Crippen molar-refractivity contribution in [3.63, 3.8) is 0 Å². The zero-order valence-electron chi connectivity index (χ0n) is 8.92. The molecule has 0 radical (unpaired) electrons. The van der Waals surface area contributed by atoms with Crippen molar-refractivity contribution >= 4 is 29.2 Å². The molecule has 0 aromatic carbocycles. The third kappa shape index (κ3) is 1.92. The monoisotopic (exact) mass is 263 g/mol. The maximum atomic E-state index is 11.7. The van der Waals surface area contributed by atoms with Crippen LogP contribution in [0.3, 0.4) is 0 Å². The van der Waals surface area contributed by atoms with Crippen LogP contribution in [0.4, 0.5) is 0 Å². The SMILES string of the molecule is Cc1cc(COC(=O)C2(C)CC2(Cl)Cl)no1. The Morgan fingerprint density at radius 1 is 1.69 bits per heavy atom. The van der Waals surface area contributed by atoms with Crippen molar-refractivity contribution in [2.24, 2.45) is 5.41 Å². The minimum absolute atomic E-state index is 0.0790. The Morgan fingerprint density at radius 2 is 2.31 bits per heavy atom. The molecule has 4 nitrogen and oxygen atoms in total. The Labute approximate surface area is 103 Å². The number of hydrogen-bond acceptors (Lipinski definition) is 4. The van der Waals surface area contributed by atoms with Crippen molar-refractivity contribution in [1.29, 1.82) is 0 Å². The van der Waals surface area contributed by atoms with E-state index in [0.717, 1.165) is 0 Å². The van der Waals surface area contributed by atoms with E-state index in [4.69, 9.17) is 32.5 Å². The highest BCUT2D eigenvalue weighted by molar-refractivity contribution is 6.53. The Kier molecular flexibility index (Phi) is 2.67. The van der Waals surface area contributed by atoms with Gasteiger partial charge in [0, 0.05) is 12.5 Å². The summed E-state index contributed by atoms with van der Waals surface area (Å²) in [5.74, 6) is 0.269. The molecule has 1 aromatic heterocycles.